The molecule has 0 saturated heterocycles. The van der Waals surface area contributed by atoms with Crippen molar-refractivity contribution in [1.82, 2.24) is 5.32 Å². The van der Waals surface area contributed by atoms with E-state index in [-0.39, 0.29) is 5.91 Å². The molecule has 1 unspecified atom stereocenters. The first kappa shape index (κ1) is 13.3. The van der Waals surface area contributed by atoms with Crippen LogP contribution in [0.5, 0.6) is 0 Å². The van der Waals surface area contributed by atoms with Crippen LogP contribution in [0.2, 0.25) is 0 Å². The molecule has 0 aliphatic heterocycles. The van der Waals surface area contributed by atoms with E-state index in [1.54, 1.807) is 0 Å². The Morgan fingerprint density at radius 1 is 1.44 bits per heavy atom. The standard InChI is InChI=1S/C15H18BrNO/c1-11-7-8-13(14(16)9-11)15(18)17-10-12-5-3-2-4-6-12/h2-3,7-9,12H,4-6,10H2,1H3,(H,17,18). The number of carbonyl (C=O) groups excluding carboxylic acids is 1. The Bertz CT molecular complexity index is 468. The van der Waals surface area contributed by atoms with Crippen LogP contribution < -0.4 is 5.32 Å². The molecule has 1 aliphatic rings. The average molecular weight is 308 g/mol. The number of allylic oxidation sites excluding steroid dienone is 2. The summed E-state index contributed by atoms with van der Waals surface area (Å²) in [5.74, 6) is 0.597. The van der Waals surface area contributed by atoms with Crippen molar-refractivity contribution in [2.24, 2.45) is 5.92 Å². The number of hydrogen-bond acceptors (Lipinski definition) is 1. The molecule has 0 radical (unpaired) electrons. The molecular weight excluding hydrogens is 290 g/mol. The van der Waals surface area contributed by atoms with E-state index in [9.17, 15) is 4.79 Å². The van der Waals surface area contributed by atoms with Gasteiger partial charge in [0.25, 0.3) is 5.91 Å². The van der Waals surface area contributed by atoms with Gasteiger partial charge in [-0.15, -0.1) is 0 Å². The second-order valence-corrected chi connectivity index (χ2v) is 5.70. The molecule has 2 rings (SSSR count). The summed E-state index contributed by atoms with van der Waals surface area (Å²) in [4.78, 5) is 12.1. The molecule has 96 valence electrons. The minimum atomic E-state index is 0.0106. The van der Waals surface area contributed by atoms with Crippen molar-refractivity contribution in [3.63, 3.8) is 0 Å². The number of halogens is 1. The van der Waals surface area contributed by atoms with Gasteiger partial charge in [0.05, 0.1) is 5.56 Å². The van der Waals surface area contributed by atoms with Crippen LogP contribution in [0.15, 0.2) is 34.8 Å². The normalized spacial score (nSPS) is 18.7. The molecule has 0 heterocycles. The highest BCUT2D eigenvalue weighted by Gasteiger charge is 2.13. The number of carbonyl (C=O) groups is 1. The van der Waals surface area contributed by atoms with Crippen LogP contribution in [0.4, 0.5) is 0 Å². The second kappa shape index (κ2) is 6.19. The Balaban J connectivity index is 1.93. The van der Waals surface area contributed by atoms with Gasteiger partial charge in [0.15, 0.2) is 0 Å². The summed E-state index contributed by atoms with van der Waals surface area (Å²) in [6.07, 6.45) is 7.81. The molecule has 0 saturated carbocycles. The molecule has 3 heteroatoms. The minimum Gasteiger partial charge on any atom is -0.352 e. The third-order valence-corrected chi connectivity index (χ3v) is 3.95. The van der Waals surface area contributed by atoms with E-state index < -0.39 is 0 Å². The summed E-state index contributed by atoms with van der Waals surface area (Å²) in [7, 11) is 0. The second-order valence-electron chi connectivity index (χ2n) is 4.84. The zero-order valence-corrected chi connectivity index (χ0v) is 12.2. The van der Waals surface area contributed by atoms with Crippen LogP contribution >= 0.6 is 15.9 Å². The highest BCUT2D eigenvalue weighted by atomic mass is 79.9. The highest BCUT2D eigenvalue weighted by molar-refractivity contribution is 9.10. The molecule has 1 aromatic rings. The van der Waals surface area contributed by atoms with Gasteiger partial charge in [0.2, 0.25) is 0 Å². The summed E-state index contributed by atoms with van der Waals surface area (Å²) in [6.45, 7) is 2.78. The molecule has 1 amide bonds. The van der Waals surface area contributed by atoms with Gasteiger partial charge in [0.1, 0.15) is 0 Å². The van der Waals surface area contributed by atoms with Crippen molar-refractivity contribution in [3.05, 3.63) is 46.0 Å². The molecule has 0 aromatic heterocycles. The fourth-order valence-electron chi connectivity index (χ4n) is 2.18. The van der Waals surface area contributed by atoms with Crippen molar-refractivity contribution >= 4 is 21.8 Å². The lowest BCUT2D eigenvalue weighted by molar-refractivity contribution is 0.0945. The van der Waals surface area contributed by atoms with Crippen molar-refractivity contribution in [2.45, 2.75) is 26.2 Å². The maximum absolute atomic E-state index is 12.1. The zero-order valence-electron chi connectivity index (χ0n) is 10.6. The number of nitrogens with one attached hydrogen (secondary N) is 1. The first-order valence-corrected chi connectivity index (χ1v) is 7.15. The molecule has 2 nitrogen and oxygen atoms in total. The third-order valence-electron chi connectivity index (χ3n) is 3.30. The number of hydrogen-bond donors (Lipinski definition) is 1. The summed E-state index contributed by atoms with van der Waals surface area (Å²) < 4.78 is 0.864. The van der Waals surface area contributed by atoms with Gasteiger partial charge in [-0.3, -0.25) is 4.79 Å². The number of aryl methyl sites for hydroxylation is 1. The quantitative estimate of drug-likeness (QED) is 0.845. The van der Waals surface area contributed by atoms with E-state index in [1.165, 1.54) is 6.42 Å². The van der Waals surface area contributed by atoms with Gasteiger partial charge in [-0.25, -0.2) is 0 Å². The van der Waals surface area contributed by atoms with E-state index in [1.807, 2.05) is 25.1 Å². The molecule has 1 aromatic carbocycles. The third kappa shape index (κ3) is 3.45. The predicted molar refractivity (Wildman–Crippen MR) is 77.7 cm³/mol. The van der Waals surface area contributed by atoms with Gasteiger partial charge in [-0.2, -0.15) is 0 Å². The summed E-state index contributed by atoms with van der Waals surface area (Å²) >= 11 is 3.44. The van der Waals surface area contributed by atoms with Crippen molar-refractivity contribution in [2.75, 3.05) is 6.54 Å². The lowest BCUT2D eigenvalue weighted by Gasteiger charge is -2.18. The van der Waals surface area contributed by atoms with Gasteiger partial charge < -0.3 is 5.32 Å². The van der Waals surface area contributed by atoms with Crippen LogP contribution in [0.1, 0.15) is 35.2 Å². The van der Waals surface area contributed by atoms with Crippen molar-refractivity contribution in [3.8, 4) is 0 Å². The molecular formula is C15H18BrNO. The topological polar surface area (TPSA) is 29.1 Å². The SMILES string of the molecule is Cc1ccc(C(=O)NCC2CC=CCC2)c(Br)c1. The van der Waals surface area contributed by atoms with Gasteiger partial charge >= 0.3 is 0 Å². The lowest BCUT2D eigenvalue weighted by Crippen LogP contribution is -2.29. The molecule has 0 bridgehead atoms. The van der Waals surface area contributed by atoms with Crippen LogP contribution in [-0.2, 0) is 0 Å². The molecule has 1 atom stereocenters. The minimum absolute atomic E-state index is 0.0106. The van der Waals surface area contributed by atoms with Crippen molar-refractivity contribution < 1.29 is 4.79 Å². The zero-order chi connectivity index (χ0) is 13.0. The largest absolute Gasteiger partial charge is 0.352 e. The van der Waals surface area contributed by atoms with Gasteiger partial charge in [-0.05, 0) is 65.7 Å². The predicted octanol–water partition coefficient (Wildman–Crippen LogP) is 3.84. The smallest absolute Gasteiger partial charge is 0.252 e. The lowest BCUT2D eigenvalue weighted by atomic mass is 9.94. The van der Waals surface area contributed by atoms with Gasteiger partial charge in [-0.1, -0.05) is 18.2 Å². The molecule has 0 spiro atoms. The maximum atomic E-state index is 12.1. The van der Waals surface area contributed by atoms with E-state index in [4.69, 9.17) is 0 Å². The van der Waals surface area contributed by atoms with Crippen LogP contribution in [0.25, 0.3) is 0 Å². The monoisotopic (exact) mass is 307 g/mol. The molecule has 1 aliphatic carbocycles. The van der Waals surface area contributed by atoms with Crippen molar-refractivity contribution in [1.29, 1.82) is 0 Å². The molecule has 0 fully saturated rings. The number of amides is 1. The number of benzene rings is 1. The summed E-state index contributed by atoms with van der Waals surface area (Å²) in [5.41, 5.74) is 1.86. The molecule has 18 heavy (non-hydrogen) atoms. The Morgan fingerprint density at radius 2 is 2.28 bits per heavy atom. The Kier molecular flexibility index (Phi) is 4.59. The highest BCUT2D eigenvalue weighted by Crippen LogP contribution is 2.20. The molecule has 1 N–H and O–H groups in total. The maximum Gasteiger partial charge on any atom is 0.252 e. The first-order chi connectivity index (χ1) is 8.66. The Labute approximate surface area is 117 Å². The van der Waals surface area contributed by atoms with Crippen LogP contribution in [0.3, 0.4) is 0 Å². The van der Waals surface area contributed by atoms with Gasteiger partial charge in [0, 0.05) is 11.0 Å². The average Bonchev–Trinajstić information content (AvgIpc) is 2.37. The fraction of sp³-hybridized carbons (Fsp3) is 0.400. The van der Waals surface area contributed by atoms with E-state index >= 15 is 0 Å². The Hall–Kier alpha value is -1.09. The van der Waals surface area contributed by atoms with E-state index in [0.29, 0.717) is 11.5 Å². The summed E-state index contributed by atoms with van der Waals surface area (Å²) in [5, 5.41) is 3.03. The summed E-state index contributed by atoms with van der Waals surface area (Å²) in [6, 6.07) is 5.80. The fourth-order valence-corrected chi connectivity index (χ4v) is 2.85. The van der Waals surface area contributed by atoms with E-state index in [0.717, 1.165) is 29.4 Å². The number of rotatable bonds is 3. The van der Waals surface area contributed by atoms with Crippen LogP contribution in [0, 0.1) is 12.8 Å². The first-order valence-electron chi connectivity index (χ1n) is 6.36. The van der Waals surface area contributed by atoms with E-state index in [2.05, 4.69) is 33.4 Å². The van der Waals surface area contributed by atoms with Crippen LogP contribution in [-0.4, -0.2) is 12.5 Å². The Morgan fingerprint density at radius 3 is 2.94 bits per heavy atom.